The Hall–Kier alpha value is -2.22. The molecule has 2 aromatic carbocycles. The number of rotatable bonds is 5. The lowest BCUT2D eigenvalue weighted by Gasteiger charge is -2.13. The molecule has 2 aromatic rings. The third-order valence-electron chi connectivity index (χ3n) is 3.21. The van der Waals surface area contributed by atoms with Crippen molar-refractivity contribution in [1.82, 2.24) is 0 Å². The summed E-state index contributed by atoms with van der Waals surface area (Å²) in [6.07, 6.45) is -0.990. The van der Waals surface area contributed by atoms with Gasteiger partial charge >= 0.3 is 0 Å². The molecule has 0 aliphatic heterocycles. The van der Waals surface area contributed by atoms with Crippen LogP contribution >= 0.6 is 23.2 Å². The highest BCUT2D eigenvalue weighted by atomic mass is 35.5. The van der Waals surface area contributed by atoms with E-state index in [1.165, 1.54) is 30.3 Å². The lowest BCUT2D eigenvalue weighted by Crippen LogP contribution is -2.04. The SMILES string of the molecule is O=[N+]([O-])c1ccc(CC(O)c2ccc([N+](=O)[O-])cc2Cl)c(Cl)c1. The summed E-state index contributed by atoms with van der Waals surface area (Å²) in [5, 5.41) is 31.8. The van der Waals surface area contributed by atoms with E-state index in [-0.39, 0.29) is 27.8 Å². The number of aliphatic hydroxyl groups is 1. The highest BCUT2D eigenvalue weighted by molar-refractivity contribution is 6.32. The minimum Gasteiger partial charge on any atom is -0.388 e. The predicted molar refractivity (Wildman–Crippen MR) is 84.9 cm³/mol. The second-order valence-corrected chi connectivity index (χ2v) is 5.53. The van der Waals surface area contributed by atoms with E-state index in [1.54, 1.807) is 0 Å². The van der Waals surface area contributed by atoms with E-state index in [2.05, 4.69) is 0 Å². The first-order valence-electron chi connectivity index (χ1n) is 6.34. The topological polar surface area (TPSA) is 107 Å². The van der Waals surface area contributed by atoms with Crippen LogP contribution in [0, 0.1) is 20.2 Å². The highest BCUT2D eigenvalue weighted by Crippen LogP contribution is 2.31. The number of hydrogen-bond acceptors (Lipinski definition) is 5. The lowest BCUT2D eigenvalue weighted by atomic mass is 10.0. The van der Waals surface area contributed by atoms with E-state index in [0.29, 0.717) is 11.1 Å². The van der Waals surface area contributed by atoms with Crippen LogP contribution in [0.5, 0.6) is 0 Å². The van der Waals surface area contributed by atoms with Crippen molar-refractivity contribution < 1.29 is 15.0 Å². The minimum absolute atomic E-state index is 0.0599. The lowest BCUT2D eigenvalue weighted by molar-refractivity contribution is -0.385. The Morgan fingerprint density at radius 2 is 1.48 bits per heavy atom. The fourth-order valence-electron chi connectivity index (χ4n) is 2.03. The Balaban J connectivity index is 2.24. The molecule has 0 fully saturated rings. The number of benzene rings is 2. The predicted octanol–water partition coefficient (Wildman–Crippen LogP) is 4.09. The smallest absolute Gasteiger partial charge is 0.270 e. The van der Waals surface area contributed by atoms with Gasteiger partial charge in [0.1, 0.15) is 0 Å². The molecule has 0 heterocycles. The molecule has 120 valence electrons. The monoisotopic (exact) mass is 356 g/mol. The van der Waals surface area contributed by atoms with E-state index in [4.69, 9.17) is 23.2 Å². The zero-order valence-electron chi connectivity index (χ0n) is 11.5. The summed E-state index contributed by atoms with van der Waals surface area (Å²) in [4.78, 5) is 20.2. The zero-order valence-corrected chi connectivity index (χ0v) is 13.0. The second kappa shape index (κ2) is 6.91. The molecular weight excluding hydrogens is 347 g/mol. The molecule has 0 aliphatic rings. The van der Waals surface area contributed by atoms with Gasteiger partial charge in [-0.2, -0.15) is 0 Å². The van der Waals surface area contributed by atoms with Gasteiger partial charge in [0.05, 0.1) is 26.0 Å². The van der Waals surface area contributed by atoms with E-state index in [0.717, 1.165) is 6.07 Å². The fraction of sp³-hybridized carbons (Fsp3) is 0.143. The molecule has 0 aromatic heterocycles. The van der Waals surface area contributed by atoms with Gasteiger partial charge in [0.15, 0.2) is 0 Å². The van der Waals surface area contributed by atoms with Crippen LogP contribution in [0.4, 0.5) is 11.4 Å². The van der Waals surface area contributed by atoms with Crippen molar-refractivity contribution in [3.8, 4) is 0 Å². The zero-order chi connectivity index (χ0) is 17.1. The van der Waals surface area contributed by atoms with Gasteiger partial charge in [-0.1, -0.05) is 29.3 Å². The van der Waals surface area contributed by atoms with Crippen molar-refractivity contribution >= 4 is 34.6 Å². The van der Waals surface area contributed by atoms with Crippen LogP contribution in [-0.4, -0.2) is 15.0 Å². The summed E-state index contributed by atoms with van der Waals surface area (Å²) in [7, 11) is 0. The molecule has 23 heavy (non-hydrogen) atoms. The van der Waals surface area contributed by atoms with Gasteiger partial charge < -0.3 is 5.11 Å². The van der Waals surface area contributed by atoms with Crippen molar-refractivity contribution in [3.05, 3.63) is 77.8 Å². The Kier molecular flexibility index (Phi) is 5.15. The molecule has 0 saturated heterocycles. The number of halogens is 2. The summed E-state index contributed by atoms with van der Waals surface area (Å²) in [5.41, 5.74) is 0.479. The van der Waals surface area contributed by atoms with E-state index in [1.807, 2.05) is 0 Å². The van der Waals surface area contributed by atoms with Crippen LogP contribution < -0.4 is 0 Å². The van der Waals surface area contributed by atoms with Crippen LogP contribution in [-0.2, 0) is 6.42 Å². The molecule has 0 bridgehead atoms. The van der Waals surface area contributed by atoms with Gasteiger partial charge in [0, 0.05) is 30.7 Å². The number of nitro benzene ring substituents is 2. The van der Waals surface area contributed by atoms with Gasteiger partial charge in [-0.15, -0.1) is 0 Å². The first-order valence-corrected chi connectivity index (χ1v) is 7.10. The highest BCUT2D eigenvalue weighted by Gasteiger charge is 2.18. The van der Waals surface area contributed by atoms with Crippen LogP contribution in [0.3, 0.4) is 0 Å². The van der Waals surface area contributed by atoms with E-state index in [9.17, 15) is 25.3 Å². The number of non-ortho nitro benzene ring substituents is 2. The Morgan fingerprint density at radius 3 is 1.96 bits per heavy atom. The summed E-state index contributed by atoms with van der Waals surface area (Å²) in [5.74, 6) is 0. The van der Waals surface area contributed by atoms with Crippen LogP contribution in [0.25, 0.3) is 0 Å². The first kappa shape index (κ1) is 17.1. The molecule has 1 atom stereocenters. The Morgan fingerprint density at radius 1 is 0.957 bits per heavy atom. The quantitative estimate of drug-likeness (QED) is 0.641. The molecule has 9 heteroatoms. The summed E-state index contributed by atoms with van der Waals surface area (Å²) in [6, 6.07) is 7.68. The van der Waals surface area contributed by atoms with Crippen molar-refractivity contribution in [2.45, 2.75) is 12.5 Å². The maximum absolute atomic E-state index is 10.7. The summed E-state index contributed by atoms with van der Waals surface area (Å²) < 4.78 is 0. The van der Waals surface area contributed by atoms with E-state index < -0.39 is 16.0 Å². The maximum Gasteiger partial charge on any atom is 0.270 e. The van der Waals surface area contributed by atoms with Crippen molar-refractivity contribution in [2.24, 2.45) is 0 Å². The average molecular weight is 357 g/mol. The standard InChI is InChI=1S/C14H10Cl2N2O5/c15-12-6-9(17(20)21)2-1-8(12)5-14(19)11-4-3-10(18(22)23)7-13(11)16/h1-4,6-7,14,19H,5H2. The van der Waals surface area contributed by atoms with E-state index >= 15 is 0 Å². The third-order valence-corrected chi connectivity index (χ3v) is 3.89. The number of nitrogens with zero attached hydrogens (tertiary/aromatic N) is 2. The molecule has 0 amide bonds. The summed E-state index contributed by atoms with van der Waals surface area (Å²) in [6.45, 7) is 0. The molecule has 1 unspecified atom stereocenters. The summed E-state index contributed by atoms with van der Waals surface area (Å²) >= 11 is 11.9. The molecule has 0 radical (unpaired) electrons. The number of hydrogen-bond donors (Lipinski definition) is 1. The normalized spacial score (nSPS) is 12.0. The number of nitro groups is 2. The van der Waals surface area contributed by atoms with Gasteiger partial charge in [0.2, 0.25) is 0 Å². The Labute approximate surface area is 140 Å². The van der Waals surface area contributed by atoms with Gasteiger partial charge in [-0.3, -0.25) is 20.2 Å². The minimum atomic E-state index is -1.05. The molecule has 7 nitrogen and oxygen atoms in total. The maximum atomic E-state index is 10.7. The van der Waals surface area contributed by atoms with Crippen molar-refractivity contribution in [3.63, 3.8) is 0 Å². The molecular formula is C14H10Cl2N2O5. The van der Waals surface area contributed by atoms with Crippen LogP contribution in [0.2, 0.25) is 10.0 Å². The first-order chi connectivity index (χ1) is 10.8. The second-order valence-electron chi connectivity index (χ2n) is 4.72. The Bertz CT molecular complexity index is 782. The average Bonchev–Trinajstić information content (AvgIpc) is 2.48. The third kappa shape index (κ3) is 3.95. The van der Waals surface area contributed by atoms with Gasteiger partial charge in [0.25, 0.3) is 11.4 Å². The molecule has 0 spiro atoms. The fourth-order valence-corrected chi connectivity index (χ4v) is 2.59. The van der Waals surface area contributed by atoms with Crippen molar-refractivity contribution in [2.75, 3.05) is 0 Å². The molecule has 2 rings (SSSR count). The molecule has 1 N–H and O–H groups in total. The molecule has 0 aliphatic carbocycles. The van der Waals surface area contributed by atoms with Crippen LogP contribution in [0.1, 0.15) is 17.2 Å². The number of aliphatic hydroxyl groups excluding tert-OH is 1. The van der Waals surface area contributed by atoms with Gasteiger partial charge in [-0.25, -0.2) is 0 Å². The van der Waals surface area contributed by atoms with Crippen LogP contribution in [0.15, 0.2) is 36.4 Å². The van der Waals surface area contributed by atoms with Gasteiger partial charge in [-0.05, 0) is 17.2 Å². The molecule has 0 saturated carbocycles. The largest absolute Gasteiger partial charge is 0.388 e. The van der Waals surface area contributed by atoms with Crippen molar-refractivity contribution in [1.29, 1.82) is 0 Å².